The lowest BCUT2D eigenvalue weighted by atomic mass is 10.1. The van der Waals surface area contributed by atoms with Crippen LogP contribution in [0.2, 0.25) is 0 Å². The number of hydrogen-bond acceptors (Lipinski definition) is 4. The number of esters is 1. The lowest BCUT2D eigenvalue weighted by molar-refractivity contribution is -0.142. The maximum absolute atomic E-state index is 11.2. The normalized spacial score (nSPS) is 10.6. The van der Waals surface area contributed by atoms with Crippen molar-refractivity contribution in [1.82, 2.24) is 0 Å². The summed E-state index contributed by atoms with van der Waals surface area (Å²) in [7, 11) is 1.56. The Morgan fingerprint density at radius 3 is 2.83 bits per heavy atom. The lowest BCUT2D eigenvalue weighted by Crippen LogP contribution is -2.01. The van der Waals surface area contributed by atoms with Gasteiger partial charge in [0.05, 0.1) is 26.7 Å². The van der Waals surface area contributed by atoms with Crippen molar-refractivity contribution in [2.24, 2.45) is 0 Å². The molecule has 0 saturated heterocycles. The van der Waals surface area contributed by atoms with Crippen LogP contribution in [0.1, 0.15) is 24.5 Å². The molecule has 4 nitrogen and oxygen atoms in total. The summed E-state index contributed by atoms with van der Waals surface area (Å²) in [6, 6.07) is 5.48. The van der Waals surface area contributed by atoms with Gasteiger partial charge in [0.25, 0.3) is 0 Å². The summed E-state index contributed by atoms with van der Waals surface area (Å²) in [5.41, 5.74) is 1.54. The van der Waals surface area contributed by atoms with Crippen LogP contribution in [0.4, 0.5) is 0 Å². The number of aliphatic hydroxyl groups is 1. The van der Waals surface area contributed by atoms with Gasteiger partial charge >= 0.3 is 5.97 Å². The molecule has 0 amide bonds. The van der Waals surface area contributed by atoms with Crippen LogP contribution in [0.15, 0.2) is 24.3 Å². The summed E-state index contributed by atoms with van der Waals surface area (Å²) in [6.45, 7) is 2.05. The SMILES string of the molecule is CCOC(=O)C/C=C\c1cccc(OC)c1CO. The molecule has 98 valence electrons. The summed E-state index contributed by atoms with van der Waals surface area (Å²) in [5, 5.41) is 9.32. The second-order valence-electron chi connectivity index (χ2n) is 3.60. The molecule has 0 fully saturated rings. The Morgan fingerprint density at radius 2 is 2.22 bits per heavy atom. The Bertz CT molecular complexity index is 424. The van der Waals surface area contributed by atoms with Crippen molar-refractivity contribution < 1.29 is 19.4 Å². The summed E-state index contributed by atoms with van der Waals surface area (Å²) in [5.74, 6) is 0.373. The molecule has 1 rings (SSSR count). The van der Waals surface area contributed by atoms with E-state index in [-0.39, 0.29) is 19.0 Å². The first-order valence-electron chi connectivity index (χ1n) is 5.81. The monoisotopic (exact) mass is 250 g/mol. The number of methoxy groups -OCH3 is 1. The molecule has 18 heavy (non-hydrogen) atoms. The van der Waals surface area contributed by atoms with Crippen molar-refractivity contribution in [1.29, 1.82) is 0 Å². The topological polar surface area (TPSA) is 55.8 Å². The minimum atomic E-state index is -0.262. The van der Waals surface area contributed by atoms with Gasteiger partial charge < -0.3 is 14.6 Å². The third kappa shape index (κ3) is 3.89. The molecule has 0 heterocycles. The fourth-order valence-electron chi connectivity index (χ4n) is 1.60. The number of rotatable bonds is 6. The lowest BCUT2D eigenvalue weighted by Gasteiger charge is -2.08. The van der Waals surface area contributed by atoms with Gasteiger partial charge in [0.15, 0.2) is 0 Å². The Balaban J connectivity index is 2.77. The molecule has 0 spiro atoms. The van der Waals surface area contributed by atoms with Gasteiger partial charge in [-0.15, -0.1) is 0 Å². The Kier molecular flexibility index (Phi) is 5.94. The molecule has 4 heteroatoms. The van der Waals surface area contributed by atoms with Gasteiger partial charge in [0.2, 0.25) is 0 Å². The van der Waals surface area contributed by atoms with Gasteiger partial charge in [-0.05, 0) is 18.6 Å². The Hall–Kier alpha value is -1.81. The Morgan fingerprint density at radius 1 is 1.44 bits per heavy atom. The zero-order chi connectivity index (χ0) is 13.4. The van der Waals surface area contributed by atoms with E-state index < -0.39 is 0 Å². The predicted molar refractivity (Wildman–Crippen MR) is 69.2 cm³/mol. The Labute approximate surface area is 107 Å². The van der Waals surface area contributed by atoms with Crippen LogP contribution in [-0.4, -0.2) is 24.8 Å². The van der Waals surface area contributed by atoms with Gasteiger partial charge in [0, 0.05) is 5.56 Å². The highest BCUT2D eigenvalue weighted by molar-refractivity contribution is 5.73. The van der Waals surface area contributed by atoms with Crippen molar-refractivity contribution >= 4 is 12.0 Å². The number of carbonyl (C=O) groups is 1. The van der Waals surface area contributed by atoms with Gasteiger partial charge in [-0.2, -0.15) is 0 Å². The van der Waals surface area contributed by atoms with E-state index in [1.54, 1.807) is 32.3 Å². The molecule has 0 radical (unpaired) electrons. The molecule has 1 N–H and O–H groups in total. The third-order valence-corrected chi connectivity index (χ3v) is 2.43. The molecule has 0 aliphatic heterocycles. The summed E-state index contributed by atoms with van der Waals surface area (Å²) < 4.78 is 9.97. The molecule has 0 aliphatic rings. The smallest absolute Gasteiger partial charge is 0.309 e. The van der Waals surface area contributed by atoms with E-state index in [2.05, 4.69) is 0 Å². The van der Waals surface area contributed by atoms with E-state index in [0.717, 1.165) is 5.56 Å². The van der Waals surface area contributed by atoms with Crippen LogP contribution in [0.25, 0.3) is 6.08 Å². The molecule has 0 unspecified atom stereocenters. The zero-order valence-corrected chi connectivity index (χ0v) is 10.7. The highest BCUT2D eigenvalue weighted by Gasteiger charge is 2.05. The van der Waals surface area contributed by atoms with Gasteiger partial charge in [-0.3, -0.25) is 4.79 Å². The average molecular weight is 250 g/mol. The highest BCUT2D eigenvalue weighted by atomic mass is 16.5. The molecule has 0 saturated carbocycles. The summed E-state index contributed by atoms with van der Waals surface area (Å²) >= 11 is 0. The van der Waals surface area contributed by atoms with E-state index >= 15 is 0 Å². The first kappa shape index (κ1) is 14.3. The van der Waals surface area contributed by atoms with Crippen LogP contribution < -0.4 is 4.74 Å². The number of carbonyl (C=O) groups excluding carboxylic acids is 1. The average Bonchev–Trinajstić information content (AvgIpc) is 2.38. The fraction of sp³-hybridized carbons (Fsp3) is 0.357. The molecule has 1 aromatic rings. The summed E-state index contributed by atoms with van der Waals surface area (Å²) in [6.07, 6.45) is 3.72. The van der Waals surface area contributed by atoms with E-state index in [1.165, 1.54) is 0 Å². The first-order chi connectivity index (χ1) is 8.72. The fourth-order valence-corrected chi connectivity index (χ4v) is 1.60. The van der Waals surface area contributed by atoms with Crippen LogP contribution in [0.3, 0.4) is 0 Å². The van der Waals surface area contributed by atoms with Gasteiger partial charge in [0.1, 0.15) is 5.75 Å². The molecular formula is C14H18O4. The molecule has 0 aliphatic carbocycles. The summed E-state index contributed by atoms with van der Waals surface area (Å²) in [4.78, 5) is 11.2. The maximum atomic E-state index is 11.2. The second kappa shape index (κ2) is 7.50. The molecule has 0 aromatic heterocycles. The van der Waals surface area contributed by atoms with Crippen LogP contribution in [0, 0.1) is 0 Å². The van der Waals surface area contributed by atoms with Crippen molar-refractivity contribution in [3.63, 3.8) is 0 Å². The predicted octanol–water partition coefficient (Wildman–Crippen LogP) is 2.15. The quantitative estimate of drug-likeness (QED) is 0.786. The van der Waals surface area contributed by atoms with Crippen molar-refractivity contribution in [2.75, 3.05) is 13.7 Å². The second-order valence-corrected chi connectivity index (χ2v) is 3.60. The molecular weight excluding hydrogens is 232 g/mol. The zero-order valence-electron chi connectivity index (χ0n) is 10.7. The third-order valence-electron chi connectivity index (χ3n) is 2.43. The van der Waals surface area contributed by atoms with E-state index in [1.807, 2.05) is 12.1 Å². The van der Waals surface area contributed by atoms with Gasteiger partial charge in [-0.1, -0.05) is 24.3 Å². The van der Waals surface area contributed by atoms with Crippen molar-refractivity contribution in [3.8, 4) is 5.75 Å². The van der Waals surface area contributed by atoms with Crippen molar-refractivity contribution in [3.05, 3.63) is 35.4 Å². The molecule has 1 aromatic carbocycles. The number of ether oxygens (including phenoxy) is 2. The highest BCUT2D eigenvalue weighted by Crippen LogP contribution is 2.23. The maximum Gasteiger partial charge on any atom is 0.309 e. The van der Waals surface area contributed by atoms with Crippen molar-refractivity contribution in [2.45, 2.75) is 20.0 Å². The standard InChI is InChI=1S/C14H18O4/c1-3-18-14(16)9-5-7-11-6-4-8-13(17-2)12(11)10-15/h4-8,15H,3,9-10H2,1-2H3/b7-5-. The molecule has 0 atom stereocenters. The van der Waals surface area contributed by atoms with E-state index in [0.29, 0.717) is 17.9 Å². The largest absolute Gasteiger partial charge is 0.496 e. The number of aliphatic hydroxyl groups excluding tert-OH is 1. The van der Waals surface area contributed by atoms with Gasteiger partial charge in [-0.25, -0.2) is 0 Å². The van der Waals surface area contributed by atoms with Crippen LogP contribution >= 0.6 is 0 Å². The van der Waals surface area contributed by atoms with Crippen LogP contribution in [0.5, 0.6) is 5.75 Å². The first-order valence-corrected chi connectivity index (χ1v) is 5.81. The minimum absolute atomic E-state index is 0.108. The van der Waals surface area contributed by atoms with Crippen LogP contribution in [-0.2, 0) is 16.1 Å². The van der Waals surface area contributed by atoms with E-state index in [9.17, 15) is 9.90 Å². The number of benzene rings is 1. The van der Waals surface area contributed by atoms with E-state index in [4.69, 9.17) is 9.47 Å². The molecule has 0 bridgehead atoms. The number of hydrogen-bond donors (Lipinski definition) is 1. The minimum Gasteiger partial charge on any atom is -0.496 e.